The van der Waals surface area contributed by atoms with E-state index in [9.17, 15) is 0 Å². The Morgan fingerprint density at radius 1 is 0.750 bits per heavy atom. The Labute approximate surface area is 167 Å². The molecule has 0 radical (unpaired) electrons. The molecule has 142 valence electrons. The van der Waals surface area contributed by atoms with Crippen LogP contribution in [0.2, 0.25) is 0 Å². The fraction of sp³-hybridized carbons (Fsp3) is 0.238. The summed E-state index contributed by atoms with van der Waals surface area (Å²) in [7, 11) is 0. The molecule has 6 nitrogen and oxygen atoms in total. The van der Waals surface area contributed by atoms with E-state index in [-0.39, 0.29) is 5.25 Å². The number of rotatable bonds is 5. The second-order valence-corrected chi connectivity index (χ2v) is 8.04. The van der Waals surface area contributed by atoms with Crippen molar-refractivity contribution in [3.63, 3.8) is 0 Å². The average Bonchev–Trinajstić information content (AvgIpc) is 3.34. The Morgan fingerprint density at radius 3 is 2.18 bits per heavy atom. The highest BCUT2D eigenvalue weighted by atomic mass is 32.2. The van der Waals surface area contributed by atoms with Crippen LogP contribution in [0.5, 0.6) is 0 Å². The van der Waals surface area contributed by atoms with Gasteiger partial charge in [-0.2, -0.15) is 0 Å². The number of nitrogens with zero attached hydrogens (tertiary/aromatic N) is 4. The molecule has 0 saturated carbocycles. The van der Waals surface area contributed by atoms with Crippen molar-refractivity contribution in [3.05, 3.63) is 65.0 Å². The number of aryl methyl sites for hydroxylation is 3. The number of aromatic nitrogens is 4. The molecule has 0 fully saturated rings. The van der Waals surface area contributed by atoms with E-state index in [1.165, 1.54) is 28.5 Å². The Kier molecular flexibility index (Phi) is 5.00. The largest absolute Gasteiger partial charge is 0.419 e. The van der Waals surface area contributed by atoms with E-state index in [4.69, 9.17) is 8.83 Å². The molecule has 0 aliphatic carbocycles. The molecule has 0 N–H and O–H groups in total. The summed E-state index contributed by atoms with van der Waals surface area (Å²) in [6.07, 6.45) is 0. The quantitative estimate of drug-likeness (QED) is 0.411. The maximum Gasteiger partial charge on any atom is 0.277 e. The minimum absolute atomic E-state index is 0.111. The minimum atomic E-state index is -0.111. The molecule has 7 heteroatoms. The van der Waals surface area contributed by atoms with Gasteiger partial charge in [-0.3, -0.25) is 0 Å². The van der Waals surface area contributed by atoms with Gasteiger partial charge in [0, 0.05) is 11.1 Å². The van der Waals surface area contributed by atoms with E-state index in [2.05, 4.69) is 40.3 Å². The fourth-order valence-electron chi connectivity index (χ4n) is 2.66. The molecule has 2 aromatic heterocycles. The Balaban J connectivity index is 1.48. The second kappa shape index (κ2) is 7.59. The molecule has 28 heavy (non-hydrogen) atoms. The third kappa shape index (κ3) is 3.84. The van der Waals surface area contributed by atoms with Crippen LogP contribution in [0, 0.1) is 20.8 Å². The second-order valence-electron chi connectivity index (χ2n) is 6.74. The molecule has 0 unspecified atom stereocenters. The highest BCUT2D eigenvalue weighted by Crippen LogP contribution is 2.35. The predicted molar refractivity (Wildman–Crippen MR) is 108 cm³/mol. The molecule has 2 heterocycles. The third-order valence-electron chi connectivity index (χ3n) is 4.52. The van der Waals surface area contributed by atoms with Crippen molar-refractivity contribution in [2.24, 2.45) is 0 Å². The lowest BCUT2D eigenvalue weighted by Gasteiger charge is -2.02. The number of hydrogen-bond acceptors (Lipinski definition) is 7. The maximum atomic E-state index is 5.83. The van der Waals surface area contributed by atoms with Gasteiger partial charge in [-0.05, 0) is 63.1 Å². The normalized spacial score (nSPS) is 12.3. The van der Waals surface area contributed by atoms with Crippen LogP contribution < -0.4 is 0 Å². The molecule has 0 amide bonds. The van der Waals surface area contributed by atoms with Crippen molar-refractivity contribution in [2.75, 3.05) is 0 Å². The molecule has 1 atom stereocenters. The van der Waals surface area contributed by atoms with Gasteiger partial charge >= 0.3 is 0 Å². The van der Waals surface area contributed by atoms with E-state index < -0.39 is 0 Å². The molecule has 0 bridgehead atoms. The van der Waals surface area contributed by atoms with Crippen LogP contribution in [0.3, 0.4) is 0 Å². The van der Waals surface area contributed by atoms with Crippen molar-refractivity contribution in [3.8, 4) is 22.9 Å². The lowest BCUT2D eigenvalue weighted by Crippen LogP contribution is -1.88. The van der Waals surface area contributed by atoms with Gasteiger partial charge in [-0.25, -0.2) is 0 Å². The Morgan fingerprint density at radius 2 is 1.43 bits per heavy atom. The van der Waals surface area contributed by atoms with Crippen LogP contribution in [-0.4, -0.2) is 20.4 Å². The van der Waals surface area contributed by atoms with Crippen molar-refractivity contribution < 1.29 is 8.83 Å². The fourth-order valence-corrected chi connectivity index (χ4v) is 3.38. The van der Waals surface area contributed by atoms with Crippen LogP contribution in [-0.2, 0) is 0 Å². The molecular formula is C21H20N4O2S. The zero-order valence-corrected chi connectivity index (χ0v) is 16.9. The highest BCUT2D eigenvalue weighted by Gasteiger charge is 2.20. The summed E-state index contributed by atoms with van der Waals surface area (Å²) in [6.45, 7) is 8.15. The van der Waals surface area contributed by atoms with Crippen LogP contribution in [0.25, 0.3) is 22.9 Å². The topological polar surface area (TPSA) is 77.8 Å². The first-order valence-corrected chi connectivity index (χ1v) is 9.86. The molecule has 0 aliphatic heterocycles. The predicted octanol–water partition coefficient (Wildman–Crippen LogP) is 5.57. The summed E-state index contributed by atoms with van der Waals surface area (Å²) in [5.41, 5.74) is 5.41. The summed E-state index contributed by atoms with van der Waals surface area (Å²) < 4.78 is 11.6. The number of thioether (sulfide) groups is 1. The molecule has 2 aromatic carbocycles. The zero-order valence-electron chi connectivity index (χ0n) is 16.1. The van der Waals surface area contributed by atoms with E-state index in [1.54, 1.807) is 0 Å². The Hall–Kier alpha value is -2.93. The smallest absolute Gasteiger partial charge is 0.277 e. The monoisotopic (exact) mass is 392 g/mol. The van der Waals surface area contributed by atoms with Gasteiger partial charge in [0.2, 0.25) is 17.7 Å². The third-order valence-corrected chi connectivity index (χ3v) is 5.45. The Bertz CT molecular complexity index is 1100. The first-order valence-electron chi connectivity index (χ1n) is 8.98. The van der Waals surface area contributed by atoms with E-state index in [1.807, 2.05) is 50.2 Å². The average molecular weight is 392 g/mol. The molecule has 0 aliphatic rings. The van der Waals surface area contributed by atoms with Crippen LogP contribution in [0.15, 0.2) is 56.5 Å². The SMILES string of the molecule is Cc1ccc(-c2nnc([C@H](C)Sc3nnc(-c4ccc(C)c(C)c4)o3)o2)cc1. The van der Waals surface area contributed by atoms with Gasteiger partial charge in [0.05, 0.1) is 5.25 Å². The lowest BCUT2D eigenvalue weighted by atomic mass is 10.1. The maximum absolute atomic E-state index is 5.83. The lowest BCUT2D eigenvalue weighted by molar-refractivity contribution is 0.461. The standard InChI is InChI=1S/C21H20N4O2S/c1-12-5-8-16(9-6-12)19-23-22-18(26-19)15(4)28-21-25-24-20(27-21)17-10-7-13(2)14(3)11-17/h5-11,15H,1-4H3/t15-/m0/s1. The highest BCUT2D eigenvalue weighted by molar-refractivity contribution is 7.99. The summed E-state index contributed by atoms with van der Waals surface area (Å²) in [5, 5.41) is 17.0. The van der Waals surface area contributed by atoms with Crippen molar-refractivity contribution in [1.29, 1.82) is 0 Å². The van der Waals surface area contributed by atoms with Crippen molar-refractivity contribution in [1.82, 2.24) is 20.4 Å². The molecule has 4 rings (SSSR count). The molecule has 0 spiro atoms. The first kappa shape index (κ1) is 18.4. The molecular weight excluding hydrogens is 372 g/mol. The van der Waals surface area contributed by atoms with Crippen LogP contribution in [0.4, 0.5) is 0 Å². The van der Waals surface area contributed by atoms with Crippen molar-refractivity contribution >= 4 is 11.8 Å². The summed E-state index contributed by atoms with van der Waals surface area (Å²) >= 11 is 1.39. The number of benzene rings is 2. The van der Waals surface area contributed by atoms with Gasteiger partial charge in [0.25, 0.3) is 5.22 Å². The van der Waals surface area contributed by atoms with Gasteiger partial charge in [0.15, 0.2) is 0 Å². The van der Waals surface area contributed by atoms with E-state index >= 15 is 0 Å². The van der Waals surface area contributed by atoms with Crippen LogP contribution in [0.1, 0.15) is 34.8 Å². The van der Waals surface area contributed by atoms with Gasteiger partial charge in [0.1, 0.15) is 0 Å². The number of hydrogen-bond donors (Lipinski definition) is 0. The van der Waals surface area contributed by atoms with Gasteiger partial charge in [-0.1, -0.05) is 35.5 Å². The first-order chi connectivity index (χ1) is 13.5. The summed E-state index contributed by atoms with van der Waals surface area (Å²) in [4.78, 5) is 0. The minimum Gasteiger partial charge on any atom is -0.419 e. The summed E-state index contributed by atoms with van der Waals surface area (Å²) in [6, 6.07) is 14.1. The molecule has 0 saturated heterocycles. The summed E-state index contributed by atoms with van der Waals surface area (Å²) in [5.74, 6) is 1.53. The van der Waals surface area contributed by atoms with E-state index in [0.29, 0.717) is 22.9 Å². The van der Waals surface area contributed by atoms with Gasteiger partial charge in [-0.15, -0.1) is 20.4 Å². The van der Waals surface area contributed by atoms with Crippen molar-refractivity contribution in [2.45, 2.75) is 38.2 Å². The zero-order chi connectivity index (χ0) is 19.7. The molecule has 4 aromatic rings. The van der Waals surface area contributed by atoms with E-state index in [0.717, 1.165) is 11.1 Å². The van der Waals surface area contributed by atoms with Gasteiger partial charge < -0.3 is 8.83 Å². The van der Waals surface area contributed by atoms with Crippen LogP contribution >= 0.6 is 11.8 Å².